The van der Waals surface area contributed by atoms with Crippen LogP contribution in [0, 0.1) is 0 Å². The zero-order valence-corrected chi connectivity index (χ0v) is 24.0. The van der Waals surface area contributed by atoms with Crippen LogP contribution in [0.2, 0.25) is 0 Å². The summed E-state index contributed by atoms with van der Waals surface area (Å²) in [6, 6.07) is 4.91. The average molecular weight is 674 g/mol. The summed E-state index contributed by atoms with van der Waals surface area (Å²) < 4.78 is 114. The van der Waals surface area contributed by atoms with Gasteiger partial charge in [-0.3, -0.25) is 13.7 Å². The van der Waals surface area contributed by atoms with Crippen molar-refractivity contribution < 1.29 is 48.1 Å². The minimum atomic E-state index is -5.19. The van der Waals surface area contributed by atoms with Crippen LogP contribution < -0.4 is 27.8 Å². The topological polar surface area (TPSA) is 332 Å². The van der Waals surface area contributed by atoms with E-state index in [4.69, 9.17) is 17.2 Å². The van der Waals surface area contributed by atoms with Gasteiger partial charge in [0.1, 0.15) is 27.0 Å². The number of anilines is 2. The van der Waals surface area contributed by atoms with Gasteiger partial charge in [-0.25, -0.2) is 4.79 Å². The van der Waals surface area contributed by atoms with Crippen LogP contribution in [0.5, 0.6) is 0 Å². The van der Waals surface area contributed by atoms with Crippen molar-refractivity contribution >= 4 is 82.0 Å². The molecule has 0 saturated heterocycles. The second-order valence-electron chi connectivity index (χ2n) is 8.30. The molecule has 0 bridgehead atoms. The van der Waals surface area contributed by atoms with Crippen molar-refractivity contribution in [3.8, 4) is 0 Å². The number of nitrogens with one attached hydrogen (secondary N) is 2. The number of halogens is 1. The van der Waals surface area contributed by atoms with E-state index < -0.39 is 79.6 Å². The summed E-state index contributed by atoms with van der Waals surface area (Å²) in [5.41, 5.74) is 14.4. The Balaban J connectivity index is 2.25. The summed E-state index contributed by atoms with van der Waals surface area (Å²) in [5, 5.41) is 11.3. The summed E-state index contributed by atoms with van der Waals surface area (Å²) >= 11 is 0. The fraction of sp³-hybridized carbons (Fsp3) is 0. The Kier molecular flexibility index (Phi) is 9.32. The van der Waals surface area contributed by atoms with Gasteiger partial charge in [-0.2, -0.15) is 39.6 Å². The number of fused-ring (bicyclic) bond motifs is 1. The Labute approximate surface area is 247 Å². The van der Waals surface area contributed by atoms with Gasteiger partial charge in [0, 0.05) is 11.1 Å². The van der Waals surface area contributed by atoms with Gasteiger partial charge in [0.15, 0.2) is 0 Å². The van der Waals surface area contributed by atoms with Crippen molar-refractivity contribution in [2.24, 2.45) is 37.4 Å². The second kappa shape index (κ2) is 12.3. The molecule has 19 nitrogen and oxygen atoms in total. The Bertz CT molecular complexity index is 2130. The van der Waals surface area contributed by atoms with Crippen LogP contribution in [-0.4, -0.2) is 57.0 Å². The van der Waals surface area contributed by atoms with E-state index in [1.165, 1.54) is 12.1 Å². The third kappa shape index (κ3) is 8.49. The molecule has 0 spiro atoms. The van der Waals surface area contributed by atoms with Gasteiger partial charge >= 0.3 is 6.03 Å². The second-order valence-corrected chi connectivity index (χ2v) is 12.5. The minimum absolute atomic E-state index is 0.0643. The van der Waals surface area contributed by atoms with E-state index >= 15 is 0 Å². The van der Waals surface area contributed by atoms with Gasteiger partial charge in [0.05, 0.1) is 10.6 Å². The van der Waals surface area contributed by atoms with Crippen LogP contribution in [-0.2, 0) is 30.4 Å². The zero-order chi connectivity index (χ0) is 33.2. The van der Waals surface area contributed by atoms with E-state index in [1.807, 2.05) is 0 Å². The smallest absolute Gasteiger partial charge is 0.316 e. The number of benzene rings is 3. The van der Waals surface area contributed by atoms with E-state index in [1.54, 1.807) is 0 Å². The van der Waals surface area contributed by atoms with E-state index in [0.29, 0.717) is 18.2 Å². The standard InChI is InChI=1S/C21H20FN9O10S3/c1-9(23)26-21(29-19(22)24)27-11-2-3-14(15(6-11)28-20(25)32)30-31-16-8-13-10(5-18(16)44(39,40)41)4-12(42(33,34)35)7-17(13)43(36,37)38/h2-8H,1,23H2,(H3,25,28,32)(H,33,34,35)(H,36,37,38)(H,39,40,41)(H3,24,26,27,29)/b31-30+. The molecular weight excluding hydrogens is 653 g/mol. The first-order chi connectivity index (χ1) is 20.1. The van der Waals surface area contributed by atoms with Crippen molar-refractivity contribution in [1.82, 2.24) is 0 Å². The third-order valence-corrected chi connectivity index (χ3v) is 7.67. The lowest BCUT2D eigenvalue weighted by Crippen LogP contribution is -2.20. The molecule has 44 heavy (non-hydrogen) atoms. The van der Waals surface area contributed by atoms with Crippen LogP contribution in [0.15, 0.2) is 89.8 Å². The number of nitrogens with zero attached hydrogens (tertiary/aromatic N) is 4. The maximum Gasteiger partial charge on any atom is 0.316 e. The predicted molar refractivity (Wildman–Crippen MR) is 154 cm³/mol. The molecule has 3 aromatic carbocycles. The number of primary amides is 1. The van der Waals surface area contributed by atoms with Crippen molar-refractivity contribution in [3.63, 3.8) is 0 Å². The number of urea groups is 1. The van der Waals surface area contributed by atoms with Gasteiger partial charge in [0.25, 0.3) is 36.4 Å². The van der Waals surface area contributed by atoms with Gasteiger partial charge in [-0.1, -0.05) is 6.58 Å². The third-order valence-electron chi connectivity index (χ3n) is 5.06. The van der Waals surface area contributed by atoms with Crippen molar-refractivity contribution in [3.05, 3.63) is 54.9 Å². The summed E-state index contributed by atoms with van der Waals surface area (Å²) in [4.78, 5) is 15.4. The number of hydrogen-bond acceptors (Lipinski definition) is 11. The number of carbonyl (C=O) groups is 1. The summed E-state index contributed by atoms with van der Waals surface area (Å²) in [7, 11) is -15.4. The SMILES string of the molecule is C=C(N)/N=C(\N=C(/N)F)Nc1ccc(/N=N/c2cc3c(S(=O)(=O)O)cc(S(=O)(=O)O)cc3cc2S(=O)(=O)O)c(NC(N)=O)c1. The number of carbonyl (C=O) groups excluding carboxylic acids is 1. The van der Waals surface area contributed by atoms with Gasteiger partial charge in [-0.15, -0.1) is 10.2 Å². The monoisotopic (exact) mass is 673 g/mol. The highest BCUT2D eigenvalue weighted by molar-refractivity contribution is 7.87. The Morgan fingerprint density at radius 2 is 1.39 bits per heavy atom. The maximum atomic E-state index is 13.1. The van der Waals surface area contributed by atoms with Gasteiger partial charge in [-0.05, 0) is 47.9 Å². The maximum absolute atomic E-state index is 13.1. The summed E-state index contributed by atoms with van der Waals surface area (Å²) in [6.07, 6.45) is -1.39. The fourth-order valence-electron chi connectivity index (χ4n) is 3.45. The molecule has 0 radical (unpaired) electrons. The Hall–Kier alpha value is -5.07. The normalized spacial score (nSPS) is 13.3. The molecule has 0 atom stereocenters. The van der Waals surface area contributed by atoms with Gasteiger partial charge in [0.2, 0.25) is 5.96 Å². The minimum Gasteiger partial charge on any atom is -0.384 e. The molecule has 11 N–H and O–H groups in total. The number of rotatable bonds is 8. The number of amides is 2. The lowest BCUT2D eigenvalue weighted by atomic mass is 10.1. The lowest BCUT2D eigenvalue weighted by molar-refractivity contribution is 0.259. The molecule has 2 amide bonds. The molecule has 234 valence electrons. The number of aliphatic imine (C=N–C) groups is 2. The molecule has 0 fully saturated rings. The molecule has 0 aliphatic rings. The van der Waals surface area contributed by atoms with Crippen molar-refractivity contribution in [2.45, 2.75) is 14.7 Å². The van der Waals surface area contributed by atoms with Crippen LogP contribution >= 0.6 is 0 Å². The quantitative estimate of drug-likeness (QED) is 0.0558. The average Bonchev–Trinajstić information content (AvgIpc) is 2.84. The molecule has 3 rings (SSSR count). The first-order valence-electron chi connectivity index (χ1n) is 11.1. The molecular formula is C21H20FN9O10S3. The molecule has 23 heteroatoms. The van der Waals surface area contributed by atoms with E-state index in [9.17, 15) is 48.1 Å². The number of azo groups is 1. The molecule has 0 aliphatic carbocycles. The summed E-state index contributed by atoms with van der Waals surface area (Å²) in [6.45, 7) is 3.32. The molecule has 0 heterocycles. The molecule has 3 aromatic rings. The first kappa shape index (κ1) is 33.4. The lowest BCUT2D eigenvalue weighted by Gasteiger charge is -2.11. The van der Waals surface area contributed by atoms with E-state index in [2.05, 4.69) is 37.4 Å². The number of hydrogen-bond donors (Lipinski definition) is 8. The highest BCUT2D eigenvalue weighted by Gasteiger charge is 2.24. The number of amidine groups is 1. The number of guanidine groups is 1. The molecule has 0 unspecified atom stereocenters. The van der Waals surface area contributed by atoms with Gasteiger partial charge < -0.3 is 27.8 Å². The van der Waals surface area contributed by atoms with Crippen molar-refractivity contribution in [1.29, 1.82) is 0 Å². The van der Waals surface area contributed by atoms with Crippen LogP contribution in [0.4, 0.5) is 31.9 Å². The molecule has 0 saturated carbocycles. The van der Waals surface area contributed by atoms with Crippen molar-refractivity contribution in [2.75, 3.05) is 10.6 Å². The Morgan fingerprint density at radius 1 is 0.773 bits per heavy atom. The Morgan fingerprint density at radius 3 is 1.91 bits per heavy atom. The first-order valence-corrected chi connectivity index (χ1v) is 15.4. The largest absolute Gasteiger partial charge is 0.384 e. The highest BCUT2D eigenvalue weighted by Crippen LogP contribution is 2.37. The number of nitrogens with two attached hydrogens (primary N) is 3. The van der Waals surface area contributed by atoms with Crippen LogP contribution in [0.1, 0.15) is 0 Å². The van der Waals surface area contributed by atoms with E-state index in [0.717, 1.165) is 12.1 Å². The van der Waals surface area contributed by atoms with E-state index in [-0.39, 0.29) is 22.9 Å². The zero-order valence-electron chi connectivity index (χ0n) is 21.6. The molecule has 0 aromatic heterocycles. The predicted octanol–water partition coefficient (Wildman–Crippen LogP) is 1.97. The van der Waals surface area contributed by atoms with Crippen LogP contribution in [0.3, 0.4) is 0 Å². The summed E-state index contributed by atoms with van der Waals surface area (Å²) in [5.74, 6) is -0.743. The molecule has 0 aliphatic heterocycles. The fourth-order valence-corrected chi connectivity index (χ4v) is 5.44. The van der Waals surface area contributed by atoms with Crippen LogP contribution in [0.25, 0.3) is 10.8 Å². The highest BCUT2D eigenvalue weighted by atomic mass is 32.2.